The maximum absolute atomic E-state index is 4.31. The Labute approximate surface area is 101 Å². The number of nitrogens with zero attached hydrogens (tertiary/aromatic N) is 3. The number of benzene rings is 1. The van der Waals surface area contributed by atoms with E-state index < -0.39 is 0 Å². The number of hydrogen-bond acceptors (Lipinski definition) is 2. The quantitative estimate of drug-likeness (QED) is 0.682. The fourth-order valence-corrected chi connectivity index (χ4v) is 1.94. The Morgan fingerprint density at radius 2 is 1.88 bits per heavy atom. The van der Waals surface area contributed by atoms with Crippen LogP contribution in [0.2, 0.25) is 0 Å². The molecule has 0 saturated carbocycles. The molecule has 78 valence electrons. The Balaban J connectivity index is 2.22. The van der Waals surface area contributed by atoms with Gasteiger partial charge in [0.1, 0.15) is 0 Å². The maximum atomic E-state index is 4.31. The predicted octanol–water partition coefficient (Wildman–Crippen LogP) is 3.16. The average molecular weight is 274 g/mol. The lowest BCUT2D eigenvalue weighted by molar-refractivity contribution is 1.13. The Kier molecular flexibility index (Phi) is 2.22. The fraction of sp³-hybridized carbons (Fsp3) is 0. The van der Waals surface area contributed by atoms with Crippen LogP contribution in [0.15, 0.2) is 53.5 Å². The van der Waals surface area contributed by atoms with E-state index in [1.54, 1.807) is 12.4 Å². The van der Waals surface area contributed by atoms with Crippen molar-refractivity contribution in [2.45, 2.75) is 0 Å². The van der Waals surface area contributed by atoms with Crippen molar-refractivity contribution in [2.24, 2.45) is 0 Å². The van der Waals surface area contributed by atoms with E-state index in [9.17, 15) is 0 Å². The third kappa shape index (κ3) is 1.51. The van der Waals surface area contributed by atoms with Crippen LogP contribution in [0.1, 0.15) is 0 Å². The van der Waals surface area contributed by atoms with Crippen LogP contribution >= 0.6 is 15.9 Å². The molecule has 0 bridgehead atoms. The number of hydrogen-bond donors (Lipinski definition) is 0. The van der Waals surface area contributed by atoms with Crippen molar-refractivity contribution in [2.75, 3.05) is 0 Å². The first-order valence-corrected chi connectivity index (χ1v) is 5.67. The topological polar surface area (TPSA) is 30.2 Å². The lowest BCUT2D eigenvalue weighted by atomic mass is 10.2. The van der Waals surface area contributed by atoms with Crippen molar-refractivity contribution in [1.82, 2.24) is 14.4 Å². The molecule has 0 spiro atoms. The van der Waals surface area contributed by atoms with Gasteiger partial charge in [-0.3, -0.25) is 9.38 Å². The molecule has 0 aliphatic rings. The summed E-state index contributed by atoms with van der Waals surface area (Å²) in [5.41, 5.74) is 3.08. The van der Waals surface area contributed by atoms with Crippen molar-refractivity contribution in [3.8, 4) is 11.3 Å². The minimum Gasteiger partial charge on any atom is -0.297 e. The second-order valence-electron chi connectivity index (χ2n) is 3.45. The summed E-state index contributed by atoms with van der Waals surface area (Å²) in [7, 11) is 0. The van der Waals surface area contributed by atoms with Gasteiger partial charge >= 0.3 is 0 Å². The highest BCUT2D eigenvalue weighted by atomic mass is 79.9. The molecule has 0 aliphatic heterocycles. The molecule has 0 amide bonds. The second kappa shape index (κ2) is 3.72. The molecular formula is C12H8BrN3. The number of halogens is 1. The first-order valence-electron chi connectivity index (χ1n) is 4.87. The molecular weight excluding hydrogens is 266 g/mol. The first-order chi connectivity index (χ1) is 7.84. The van der Waals surface area contributed by atoms with E-state index in [1.165, 1.54) is 0 Å². The van der Waals surface area contributed by atoms with Gasteiger partial charge in [0.15, 0.2) is 5.65 Å². The highest BCUT2D eigenvalue weighted by Crippen LogP contribution is 2.22. The molecule has 4 heteroatoms. The lowest BCUT2D eigenvalue weighted by Gasteiger charge is -2.01. The van der Waals surface area contributed by atoms with Crippen LogP contribution in [-0.4, -0.2) is 14.4 Å². The zero-order valence-corrected chi connectivity index (χ0v) is 9.92. The molecule has 3 nitrogen and oxygen atoms in total. The van der Waals surface area contributed by atoms with Crippen LogP contribution in [0.4, 0.5) is 0 Å². The third-order valence-corrected chi connectivity index (χ3v) is 2.99. The summed E-state index contributed by atoms with van der Waals surface area (Å²) in [5.74, 6) is 0. The summed E-state index contributed by atoms with van der Waals surface area (Å²) in [6, 6.07) is 8.17. The van der Waals surface area contributed by atoms with E-state index in [1.807, 2.05) is 28.9 Å². The van der Waals surface area contributed by atoms with Crippen molar-refractivity contribution < 1.29 is 0 Å². The molecule has 3 aromatic rings. The number of rotatable bonds is 1. The Hall–Kier alpha value is -1.68. The standard InChI is InChI=1S/C12H8BrN3/c13-10-3-1-9(2-4-10)11-7-15-12-8-14-5-6-16(11)12/h1-8H. The summed E-state index contributed by atoms with van der Waals surface area (Å²) < 4.78 is 3.10. The zero-order valence-electron chi connectivity index (χ0n) is 8.34. The van der Waals surface area contributed by atoms with Gasteiger partial charge in [0.05, 0.1) is 18.1 Å². The van der Waals surface area contributed by atoms with Crippen LogP contribution in [0.25, 0.3) is 16.9 Å². The maximum Gasteiger partial charge on any atom is 0.155 e. The van der Waals surface area contributed by atoms with Crippen molar-refractivity contribution >= 4 is 21.6 Å². The molecule has 1 aromatic carbocycles. The largest absolute Gasteiger partial charge is 0.297 e. The third-order valence-electron chi connectivity index (χ3n) is 2.46. The molecule has 2 heterocycles. The summed E-state index contributed by atoms with van der Waals surface area (Å²) >= 11 is 3.43. The average Bonchev–Trinajstić information content (AvgIpc) is 2.74. The van der Waals surface area contributed by atoms with Gasteiger partial charge in [0, 0.05) is 22.4 Å². The molecule has 0 saturated heterocycles. The van der Waals surface area contributed by atoms with Crippen molar-refractivity contribution in [3.05, 3.63) is 53.5 Å². The molecule has 3 rings (SSSR count). The van der Waals surface area contributed by atoms with Crippen molar-refractivity contribution in [1.29, 1.82) is 0 Å². The number of fused-ring (bicyclic) bond motifs is 1. The van der Waals surface area contributed by atoms with Gasteiger partial charge in [-0.1, -0.05) is 28.1 Å². The molecule has 0 fully saturated rings. The molecule has 0 unspecified atom stereocenters. The Morgan fingerprint density at radius 1 is 1.06 bits per heavy atom. The summed E-state index contributed by atoms with van der Waals surface area (Å²) in [6.45, 7) is 0. The summed E-state index contributed by atoms with van der Waals surface area (Å²) in [5, 5.41) is 0. The number of imidazole rings is 1. The van der Waals surface area contributed by atoms with Crippen LogP contribution in [0.3, 0.4) is 0 Å². The van der Waals surface area contributed by atoms with Crippen LogP contribution in [-0.2, 0) is 0 Å². The van der Waals surface area contributed by atoms with E-state index in [0.29, 0.717) is 0 Å². The summed E-state index contributed by atoms with van der Waals surface area (Å²) in [6.07, 6.45) is 7.29. The monoisotopic (exact) mass is 273 g/mol. The van der Waals surface area contributed by atoms with Gasteiger partial charge in [-0.2, -0.15) is 0 Å². The second-order valence-corrected chi connectivity index (χ2v) is 4.37. The molecule has 0 N–H and O–H groups in total. The predicted molar refractivity (Wildman–Crippen MR) is 66.1 cm³/mol. The van der Waals surface area contributed by atoms with Crippen LogP contribution in [0.5, 0.6) is 0 Å². The molecule has 2 aromatic heterocycles. The van der Waals surface area contributed by atoms with Gasteiger partial charge in [-0.25, -0.2) is 4.98 Å². The van der Waals surface area contributed by atoms with Gasteiger partial charge in [-0.05, 0) is 12.1 Å². The fourth-order valence-electron chi connectivity index (χ4n) is 1.68. The SMILES string of the molecule is Brc1ccc(-c2cnc3cnccn23)cc1. The highest BCUT2D eigenvalue weighted by Gasteiger charge is 2.04. The van der Waals surface area contributed by atoms with Gasteiger partial charge < -0.3 is 0 Å². The first kappa shape index (κ1) is 9.54. The Bertz CT molecular complexity index is 628. The molecule has 16 heavy (non-hydrogen) atoms. The normalized spacial score (nSPS) is 10.8. The molecule has 0 aliphatic carbocycles. The van der Waals surface area contributed by atoms with E-state index in [0.717, 1.165) is 21.4 Å². The van der Waals surface area contributed by atoms with Crippen LogP contribution < -0.4 is 0 Å². The minimum atomic E-state index is 0.861. The van der Waals surface area contributed by atoms with E-state index in [2.05, 4.69) is 38.0 Å². The van der Waals surface area contributed by atoms with E-state index in [-0.39, 0.29) is 0 Å². The van der Waals surface area contributed by atoms with E-state index >= 15 is 0 Å². The molecule has 0 radical (unpaired) electrons. The van der Waals surface area contributed by atoms with Crippen molar-refractivity contribution in [3.63, 3.8) is 0 Å². The van der Waals surface area contributed by atoms with Gasteiger partial charge in [-0.15, -0.1) is 0 Å². The van der Waals surface area contributed by atoms with Crippen LogP contribution in [0, 0.1) is 0 Å². The summed E-state index contributed by atoms with van der Waals surface area (Å²) in [4.78, 5) is 8.35. The smallest absolute Gasteiger partial charge is 0.155 e. The van der Waals surface area contributed by atoms with Gasteiger partial charge in [0.25, 0.3) is 0 Å². The number of aromatic nitrogens is 3. The highest BCUT2D eigenvalue weighted by molar-refractivity contribution is 9.10. The van der Waals surface area contributed by atoms with E-state index in [4.69, 9.17) is 0 Å². The molecule has 0 atom stereocenters. The minimum absolute atomic E-state index is 0.861. The lowest BCUT2D eigenvalue weighted by Crippen LogP contribution is -1.88. The van der Waals surface area contributed by atoms with Gasteiger partial charge in [0.2, 0.25) is 0 Å². The zero-order chi connectivity index (χ0) is 11.0. The Morgan fingerprint density at radius 3 is 2.69 bits per heavy atom.